The Kier molecular flexibility index (Phi) is 8.30. The Balaban J connectivity index is 2.11. The second kappa shape index (κ2) is 10.9. The molecule has 0 aliphatic heterocycles. The van der Waals surface area contributed by atoms with Gasteiger partial charge in [0.05, 0.1) is 16.4 Å². The molecule has 0 aliphatic rings. The molecule has 0 unspecified atom stereocenters. The van der Waals surface area contributed by atoms with Gasteiger partial charge in [0.1, 0.15) is 0 Å². The zero-order valence-electron chi connectivity index (χ0n) is 17.1. The van der Waals surface area contributed by atoms with Crippen molar-refractivity contribution < 1.29 is 32.3 Å². The Morgan fingerprint density at radius 3 is 2.39 bits per heavy atom. The number of nitro groups is 1. The summed E-state index contributed by atoms with van der Waals surface area (Å²) in [5.41, 5.74) is 2.15. The van der Waals surface area contributed by atoms with Crippen LogP contribution in [0.25, 0.3) is 0 Å². The van der Waals surface area contributed by atoms with Crippen LogP contribution in [0.4, 0.5) is 17.1 Å². The normalized spacial score (nSPS) is 11.4. The number of nitro benzene ring substituents is 1. The van der Waals surface area contributed by atoms with Crippen molar-refractivity contribution in [1.82, 2.24) is 5.32 Å². The van der Waals surface area contributed by atoms with E-state index in [1.807, 2.05) is 0 Å². The summed E-state index contributed by atoms with van der Waals surface area (Å²) in [5.74, 6) is -2.87. The number of anilines is 2. The second-order valence-electron chi connectivity index (χ2n) is 6.51. The number of non-ortho nitro benzene ring substituents is 1. The van der Waals surface area contributed by atoms with Crippen molar-refractivity contribution in [2.45, 2.75) is 6.92 Å². The lowest BCUT2D eigenvalue weighted by Crippen LogP contribution is -2.29. The molecule has 33 heavy (non-hydrogen) atoms. The molecular weight excluding hydrogens is 458 g/mol. The quantitative estimate of drug-likeness (QED) is 0.128. The molecule has 2 rings (SSSR count). The van der Waals surface area contributed by atoms with E-state index in [4.69, 9.17) is 4.55 Å². The van der Waals surface area contributed by atoms with Crippen molar-refractivity contribution in [2.24, 2.45) is 5.10 Å². The third-order valence-corrected chi connectivity index (χ3v) is 4.65. The van der Waals surface area contributed by atoms with Gasteiger partial charge in [-0.2, -0.15) is 13.5 Å². The van der Waals surface area contributed by atoms with Gasteiger partial charge in [-0.15, -0.1) is 0 Å². The largest absolute Gasteiger partial charge is 0.351 e. The van der Waals surface area contributed by atoms with Crippen molar-refractivity contribution >= 4 is 50.5 Å². The Morgan fingerprint density at radius 2 is 1.76 bits per heavy atom. The number of ketones is 1. The molecule has 0 saturated carbocycles. The summed E-state index contributed by atoms with van der Waals surface area (Å²) in [4.78, 5) is 46.6. The molecule has 14 heteroatoms. The zero-order valence-corrected chi connectivity index (χ0v) is 18.0. The number of benzene rings is 2. The number of rotatable bonds is 10. The number of nitrogens with one attached hydrogen (secondary N) is 3. The van der Waals surface area contributed by atoms with Crippen molar-refractivity contribution in [2.75, 3.05) is 23.0 Å². The third-order valence-electron chi connectivity index (χ3n) is 3.93. The Bertz CT molecular complexity index is 1230. The number of amides is 2. The van der Waals surface area contributed by atoms with Gasteiger partial charge in [-0.3, -0.25) is 34.5 Å². The Morgan fingerprint density at radius 1 is 1.09 bits per heavy atom. The number of carbonyl (C=O) groups excluding carboxylic acids is 3. The van der Waals surface area contributed by atoms with Crippen molar-refractivity contribution in [3.8, 4) is 0 Å². The molecule has 2 amide bonds. The van der Waals surface area contributed by atoms with E-state index in [1.54, 1.807) is 0 Å². The molecule has 0 fully saturated rings. The van der Waals surface area contributed by atoms with Crippen LogP contribution in [0, 0.1) is 10.1 Å². The van der Waals surface area contributed by atoms with Crippen LogP contribution in [0.2, 0.25) is 0 Å². The highest BCUT2D eigenvalue weighted by Crippen LogP contribution is 2.17. The summed E-state index contributed by atoms with van der Waals surface area (Å²) >= 11 is 0. The van der Waals surface area contributed by atoms with Crippen LogP contribution in [0.1, 0.15) is 17.3 Å². The third kappa shape index (κ3) is 8.12. The van der Waals surface area contributed by atoms with E-state index in [9.17, 15) is 32.9 Å². The first kappa shape index (κ1) is 25.1. The van der Waals surface area contributed by atoms with E-state index in [-0.39, 0.29) is 29.2 Å². The first-order valence-corrected chi connectivity index (χ1v) is 10.8. The number of hydrogen-bond acceptors (Lipinski definition) is 9. The van der Waals surface area contributed by atoms with Crippen LogP contribution >= 0.6 is 0 Å². The average Bonchev–Trinajstić information content (AvgIpc) is 2.73. The van der Waals surface area contributed by atoms with E-state index in [0.717, 1.165) is 13.0 Å². The maximum atomic E-state index is 12.4. The minimum atomic E-state index is -4.22. The lowest BCUT2D eigenvalue weighted by molar-refractivity contribution is -0.384. The summed E-state index contributed by atoms with van der Waals surface area (Å²) in [6.07, 6.45) is 0. The summed E-state index contributed by atoms with van der Waals surface area (Å²) in [7, 11) is -4.22. The molecule has 0 heterocycles. The van der Waals surface area contributed by atoms with Crippen LogP contribution in [0.5, 0.6) is 0 Å². The molecule has 0 spiro atoms. The maximum Gasteiger partial charge on any atom is 0.279 e. The van der Waals surface area contributed by atoms with Crippen LogP contribution in [-0.2, 0) is 19.7 Å². The fourth-order valence-electron chi connectivity index (χ4n) is 2.42. The van der Waals surface area contributed by atoms with E-state index >= 15 is 0 Å². The molecule has 0 saturated heterocycles. The van der Waals surface area contributed by atoms with E-state index in [1.165, 1.54) is 42.5 Å². The van der Waals surface area contributed by atoms with Crippen LogP contribution in [-0.4, -0.2) is 53.5 Å². The molecule has 0 radical (unpaired) electrons. The van der Waals surface area contributed by atoms with Crippen LogP contribution < -0.4 is 16.1 Å². The fourth-order valence-corrected chi connectivity index (χ4v) is 2.78. The lowest BCUT2D eigenvalue weighted by atomic mass is 10.2. The Labute approximate surface area is 187 Å². The molecule has 0 atom stereocenters. The SMILES string of the molecule is CC(=O)/C(=N/Nc1cccc(C(=O)NCCS(=O)(=O)O)c1)C(=O)Nc1cccc([N+](=O)[O-])c1. The molecule has 4 N–H and O–H groups in total. The van der Waals surface area contributed by atoms with Gasteiger partial charge in [0.2, 0.25) is 0 Å². The smallest absolute Gasteiger partial charge is 0.279 e. The zero-order chi connectivity index (χ0) is 24.6. The van der Waals surface area contributed by atoms with Crippen molar-refractivity contribution in [3.05, 3.63) is 64.2 Å². The standard InChI is InChI=1S/C19H19N5O8S/c1-12(25)17(19(27)21-14-5-3-7-16(11-14)24(28)29)23-22-15-6-2-4-13(10-15)18(26)20-8-9-33(30,31)32/h2-7,10-11,22H,8-9H2,1H3,(H,20,26)(H,21,27)(H,30,31,32)/b23-17-. The van der Waals surface area contributed by atoms with Gasteiger partial charge < -0.3 is 10.6 Å². The summed E-state index contributed by atoms with van der Waals surface area (Å²) in [6.45, 7) is 0.798. The molecule has 2 aromatic carbocycles. The minimum absolute atomic E-state index is 0.0895. The molecule has 174 valence electrons. The first-order chi connectivity index (χ1) is 15.5. The molecule has 0 aromatic heterocycles. The minimum Gasteiger partial charge on any atom is -0.351 e. The van der Waals surface area contributed by atoms with Gasteiger partial charge in [-0.25, -0.2) is 0 Å². The summed E-state index contributed by atoms with van der Waals surface area (Å²) in [5, 5.41) is 19.3. The van der Waals surface area contributed by atoms with E-state index in [2.05, 4.69) is 21.2 Å². The maximum absolute atomic E-state index is 12.4. The highest BCUT2D eigenvalue weighted by Gasteiger charge is 2.18. The molecule has 0 aliphatic carbocycles. The predicted molar refractivity (Wildman–Crippen MR) is 119 cm³/mol. The summed E-state index contributed by atoms with van der Waals surface area (Å²) in [6, 6.07) is 10.9. The topological polar surface area (TPSA) is 197 Å². The highest BCUT2D eigenvalue weighted by molar-refractivity contribution is 7.85. The number of nitrogens with zero attached hydrogens (tertiary/aromatic N) is 2. The molecule has 0 bridgehead atoms. The fraction of sp³-hybridized carbons (Fsp3) is 0.158. The van der Waals surface area contributed by atoms with Crippen LogP contribution in [0.3, 0.4) is 0 Å². The predicted octanol–water partition coefficient (Wildman–Crippen LogP) is 1.21. The number of hydrazone groups is 1. The number of carbonyl (C=O) groups is 3. The summed E-state index contributed by atoms with van der Waals surface area (Å²) < 4.78 is 30.1. The number of Topliss-reactive ketones (excluding diaryl/α,β-unsaturated/α-hetero) is 1. The van der Waals surface area contributed by atoms with Gasteiger partial charge >= 0.3 is 0 Å². The van der Waals surface area contributed by atoms with Gasteiger partial charge in [0.25, 0.3) is 27.6 Å². The van der Waals surface area contributed by atoms with Crippen LogP contribution in [0.15, 0.2) is 53.6 Å². The Hall–Kier alpha value is -4.17. The molecular formula is C19H19N5O8S. The van der Waals surface area contributed by atoms with Gasteiger partial charge in [-0.05, 0) is 24.3 Å². The van der Waals surface area contributed by atoms with Crippen molar-refractivity contribution in [3.63, 3.8) is 0 Å². The van der Waals surface area contributed by atoms with Crippen molar-refractivity contribution in [1.29, 1.82) is 0 Å². The first-order valence-electron chi connectivity index (χ1n) is 9.20. The van der Waals surface area contributed by atoms with E-state index < -0.39 is 44.1 Å². The van der Waals surface area contributed by atoms with Gasteiger partial charge in [0, 0.05) is 36.9 Å². The number of hydrogen-bond donors (Lipinski definition) is 4. The van der Waals surface area contributed by atoms with E-state index in [0.29, 0.717) is 0 Å². The second-order valence-corrected chi connectivity index (χ2v) is 8.08. The highest BCUT2D eigenvalue weighted by atomic mass is 32.2. The average molecular weight is 477 g/mol. The lowest BCUT2D eigenvalue weighted by Gasteiger charge is -2.08. The molecule has 2 aromatic rings. The van der Waals surface area contributed by atoms with Gasteiger partial charge in [-0.1, -0.05) is 12.1 Å². The van der Waals surface area contributed by atoms with Gasteiger partial charge in [0.15, 0.2) is 11.5 Å². The monoisotopic (exact) mass is 477 g/mol. The molecule has 13 nitrogen and oxygen atoms in total.